The highest BCUT2D eigenvalue weighted by atomic mass is 35.5. The van der Waals surface area contributed by atoms with E-state index in [1.54, 1.807) is 66.5 Å². The highest BCUT2D eigenvalue weighted by Crippen LogP contribution is 2.42. The van der Waals surface area contributed by atoms with E-state index in [2.05, 4.69) is 5.10 Å². The van der Waals surface area contributed by atoms with E-state index >= 15 is 0 Å². The zero-order chi connectivity index (χ0) is 27.0. The van der Waals surface area contributed by atoms with Crippen molar-refractivity contribution in [2.24, 2.45) is 7.05 Å². The summed E-state index contributed by atoms with van der Waals surface area (Å²) in [4.78, 5) is 12.8. The monoisotopic (exact) mass is 553 g/mol. The smallest absolute Gasteiger partial charge is 0.264 e. The first-order valence-electron chi connectivity index (χ1n) is 12.0. The first-order chi connectivity index (χ1) is 18.1. The Kier molecular flexibility index (Phi) is 6.98. The summed E-state index contributed by atoms with van der Waals surface area (Å²) in [6.07, 6.45) is 3.07. The first kappa shape index (κ1) is 25.9. The number of aryl methyl sites for hydroxylation is 2. The van der Waals surface area contributed by atoms with Gasteiger partial charge in [-0.05, 0) is 54.8 Å². The van der Waals surface area contributed by atoms with Crippen molar-refractivity contribution in [2.75, 3.05) is 10.8 Å². The lowest BCUT2D eigenvalue weighted by Crippen LogP contribution is -2.43. The number of ketones is 1. The maximum Gasteiger partial charge on any atom is 0.264 e. The van der Waals surface area contributed by atoms with E-state index in [0.717, 1.165) is 5.56 Å². The van der Waals surface area contributed by atoms with Gasteiger partial charge in [0.2, 0.25) is 0 Å². The number of carbonyl (C=O) groups excluding carboxylic acids is 1. The van der Waals surface area contributed by atoms with Crippen LogP contribution in [0.2, 0.25) is 5.02 Å². The predicted molar refractivity (Wildman–Crippen MR) is 144 cm³/mol. The zero-order valence-electron chi connectivity index (χ0n) is 20.8. The number of ether oxygens (including phenoxy) is 1. The standard InChI is InChI=1S/C28H25ClFN3O4S/c1-18-5-3-6-22(13-18)38(35,36)33-17-21(10-11-26(34)20-15-31-32(2)16-20)37-27-12-9-19(14-25(27)33)23-7-4-8-24(30)28(23)29/h3-9,12-16,21H,10-11,17H2,1-2H3/t21-/m0/s1. The minimum Gasteiger partial charge on any atom is -0.486 e. The predicted octanol–water partition coefficient (Wildman–Crippen LogP) is 5.81. The molecule has 0 bridgehead atoms. The Morgan fingerprint density at radius 3 is 2.68 bits per heavy atom. The normalized spacial score (nSPS) is 15.2. The number of rotatable bonds is 7. The highest BCUT2D eigenvalue weighted by Gasteiger charge is 2.35. The molecule has 1 aliphatic rings. The average Bonchev–Trinajstić information content (AvgIpc) is 3.34. The molecule has 0 spiro atoms. The Bertz CT molecular complexity index is 1640. The molecule has 7 nitrogen and oxygen atoms in total. The molecular weight excluding hydrogens is 529 g/mol. The van der Waals surface area contributed by atoms with Crippen LogP contribution in [0, 0.1) is 12.7 Å². The number of benzene rings is 3. The van der Waals surface area contributed by atoms with Gasteiger partial charge in [-0.1, -0.05) is 41.9 Å². The van der Waals surface area contributed by atoms with Crippen LogP contribution in [0.25, 0.3) is 11.1 Å². The van der Waals surface area contributed by atoms with Crippen LogP contribution in [0.1, 0.15) is 28.8 Å². The lowest BCUT2D eigenvalue weighted by molar-refractivity contribution is 0.0953. The Hall–Kier alpha value is -3.69. The number of hydrogen-bond acceptors (Lipinski definition) is 5. The molecule has 0 radical (unpaired) electrons. The van der Waals surface area contributed by atoms with Crippen LogP contribution < -0.4 is 9.04 Å². The van der Waals surface area contributed by atoms with E-state index in [1.807, 2.05) is 13.0 Å². The van der Waals surface area contributed by atoms with Crippen LogP contribution in [0.3, 0.4) is 0 Å². The van der Waals surface area contributed by atoms with Crippen LogP contribution in [-0.4, -0.2) is 36.6 Å². The Morgan fingerprint density at radius 1 is 1.16 bits per heavy atom. The summed E-state index contributed by atoms with van der Waals surface area (Å²) in [7, 11) is -2.25. The van der Waals surface area contributed by atoms with Gasteiger partial charge in [0.25, 0.3) is 10.0 Å². The van der Waals surface area contributed by atoms with E-state index in [1.165, 1.54) is 16.6 Å². The Balaban J connectivity index is 1.52. The molecular formula is C28H25ClFN3O4S. The van der Waals surface area contributed by atoms with Crippen molar-refractivity contribution in [1.82, 2.24) is 9.78 Å². The summed E-state index contributed by atoms with van der Waals surface area (Å²) in [6.45, 7) is 1.83. The number of carbonyl (C=O) groups is 1. The lowest BCUT2D eigenvalue weighted by Gasteiger charge is -2.36. The van der Waals surface area contributed by atoms with Gasteiger partial charge in [-0.25, -0.2) is 12.8 Å². The zero-order valence-corrected chi connectivity index (χ0v) is 22.3. The largest absolute Gasteiger partial charge is 0.486 e. The third-order valence-corrected chi connectivity index (χ3v) is 8.61. The van der Waals surface area contributed by atoms with Gasteiger partial charge in [0, 0.05) is 25.2 Å². The number of halogens is 2. The van der Waals surface area contributed by atoms with Gasteiger partial charge >= 0.3 is 0 Å². The van der Waals surface area contributed by atoms with Crippen LogP contribution in [0.15, 0.2) is 78.0 Å². The SMILES string of the molecule is Cc1cccc(S(=O)(=O)N2C[C@H](CCC(=O)c3cnn(C)c3)Oc3ccc(-c4cccc(F)c4Cl)cc32)c1. The quantitative estimate of drug-likeness (QED) is 0.270. The Morgan fingerprint density at radius 2 is 1.95 bits per heavy atom. The summed E-state index contributed by atoms with van der Waals surface area (Å²) in [6, 6.07) is 16.1. The molecule has 0 N–H and O–H groups in total. The second-order valence-electron chi connectivity index (χ2n) is 9.24. The van der Waals surface area contributed by atoms with E-state index in [4.69, 9.17) is 16.3 Å². The molecule has 2 heterocycles. The summed E-state index contributed by atoms with van der Waals surface area (Å²) in [5, 5.41) is 3.98. The van der Waals surface area contributed by atoms with Crippen LogP contribution >= 0.6 is 11.6 Å². The molecule has 3 aromatic carbocycles. The van der Waals surface area contributed by atoms with E-state index < -0.39 is 21.9 Å². The second-order valence-corrected chi connectivity index (χ2v) is 11.5. The molecule has 1 aliphatic heterocycles. The summed E-state index contributed by atoms with van der Waals surface area (Å²) in [5.74, 6) is -0.319. The fourth-order valence-corrected chi connectivity index (χ4v) is 6.33. The third kappa shape index (κ3) is 5.04. The van der Waals surface area contributed by atoms with Crippen molar-refractivity contribution in [1.29, 1.82) is 0 Å². The molecule has 10 heteroatoms. The number of sulfonamides is 1. The third-order valence-electron chi connectivity index (χ3n) is 6.45. The number of aromatic nitrogens is 2. The molecule has 0 unspecified atom stereocenters. The maximum absolute atomic E-state index is 14.2. The summed E-state index contributed by atoms with van der Waals surface area (Å²) in [5.41, 5.74) is 2.60. The van der Waals surface area contributed by atoms with Crippen molar-refractivity contribution < 1.29 is 22.3 Å². The minimum atomic E-state index is -3.99. The molecule has 1 atom stereocenters. The molecule has 0 saturated heterocycles. The van der Waals surface area contributed by atoms with Gasteiger partial charge in [-0.15, -0.1) is 0 Å². The van der Waals surface area contributed by atoms with E-state index in [-0.39, 0.29) is 28.7 Å². The van der Waals surface area contributed by atoms with Gasteiger partial charge in [0.05, 0.1) is 33.9 Å². The van der Waals surface area contributed by atoms with Crippen molar-refractivity contribution >= 4 is 33.1 Å². The van der Waals surface area contributed by atoms with E-state index in [0.29, 0.717) is 34.5 Å². The number of nitrogens with zero attached hydrogens (tertiary/aromatic N) is 3. The summed E-state index contributed by atoms with van der Waals surface area (Å²) >= 11 is 6.22. The molecule has 4 aromatic rings. The number of fused-ring (bicyclic) bond motifs is 1. The molecule has 0 amide bonds. The van der Waals surface area contributed by atoms with Gasteiger partial charge < -0.3 is 4.74 Å². The maximum atomic E-state index is 14.2. The van der Waals surface area contributed by atoms with Crippen molar-refractivity contribution in [3.63, 3.8) is 0 Å². The highest BCUT2D eigenvalue weighted by molar-refractivity contribution is 7.92. The molecule has 1 aromatic heterocycles. The van der Waals surface area contributed by atoms with Gasteiger partial charge in [0.15, 0.2) is 5.78 Å². The van der Waals surface area contributed by atoms with Gasteiger partial charge in [-0.2, -0.15) is 5.10 Å². The van der Waals surface area contributed by atoms with Crippen LogP contribution in [0.4, 0.5) is 10.1 Å². The Labute approximate surface area is 225 Å². The van der Waals surface area contributed by atoms with Crippen molar-refractivity contribution in [3.8, 4) is 16.9 Å². The molecule has 0 fully saturated rings. The first-order valence-corrected chi connectivity index (χ1v) is 13.8. The fraction of sp³-hybridized carbons (Fsp3) is 0.214. The number of anilines is 1. The molecule has 196 valence electrons. The second kappa shape index (κ2) is 10.2. The van der Waals surface area contributed by atoms with Gasteiger partial charge in [0.1, 0.15) is 17.7 Å². The molecule has 0 aliphatic carbocycles. The number of hydrogen-bond donors (Lipinski definition) is 0. The van der Waals surface area contributed by atoms with Crippen molar-refractivity contribution in [2.45, 2.75) is 30.8 Å². The number of Topliss-reactive ketones (excluding diaryl/α,β-unsaturated/α-hetero) is 1. The fourth-order valence-electron chi connectivity index (χ4n) is 4.49. The average molecular weight is 554 g/mol. The molecule has 5 rings (SSSR count). The minimum absolute atomic E-state index is 0.00390. The molecule has 0 saturated carbocycles. The molecule has 38 heavy (non-hydrogen) atoms. The van der Waals surface area contributed by atoms with E-state index in [9.17, 15) is 17.6 Å². The van der Waals surface area contributed by atoms with Crippen molar-refractivity contribution in [3.05, 3.63) is 95.0 Å². The van der Waals surface area contributed by atoms with Crippen LogP contribution in [-0.2, 0) is 17.1 Å². The van der Waals surface area contributed by atoms with Crippen LogP contribution in [0.5, 0.6) is 5.75 Å². The summed E-state index contributed by atoms with van der Waals surface area (Å²) < 4.78 is 51.0. The van der Waals surface area contributed by atoms with Gasteiger partial charge in [-0.3, -0.25) is 13.8 Å². The lowest BCUT2D eigenvalue weighted by atomic mass is 10.0. The topological polar surface area (TPSA) is 81.5 Å².